The van der Waals surface area contributed by atoms with E-state index in [4.69, 9.17) is 10.5 Å². The van der Waals surface area contributed by atoms with E-state index in [0.29, 0.717) is 13.2 Å². The number of nitrogens with two attached hydrogens (primary N) is 1. The average Bonchev–Trinajstić information content (AvgIpc) is 2.19. The second kappa shape index (κ2) is 5.34. The van der Waals surface area contributed by atoms with E-state index in [9.17, 15) is 4.79 Å². The SMILES string of the molecule is CCOC(=O)C[n+]1ccc(CN)cc1. The van der Waals surface area contributed by atoms with Crippen molar-refractivity contribution in [1.82, 2.24) is 0 Å². The van der Waals surface area contributed by atoms with Gasteiger partial charge >= 0.3 is 5.97 Å². The molecule has 1 aromatic rings. The van der Waals surface area contributed by atoms with Crippen molar-refractivity contribution in [2.75, 3.05) is 6.61 Å². The second-order valence-electron chi connectivity index (χ2n) is 2.89. The fraction of sp³-hybridized carbons (Fsp3) is 0.400. The lowest BCUT2D eigenvalue weighted by atomic mass is 10.3. The lowest BCUT2D eigenvalue weighted by Crippen LogP contribution is -2.38. The molecule has 0 aliphatic carbocycles. The molecule has 0 atom stereocenters. The van der Waals surface area contributed by atoms with Crippen molar-refractivity contribution >= 4 is 5.97 Å². The highest BCUT2D eigenvalue weighted by atomic mass is 16.5. The van der Waals surface area contributed by atoms with Gasteiger partial charge in [0.1, 0.15) is 0 Å². The number of esters is 1. The summed E-state index contributed by atoms with van der Waals surface area (Å²) in [4.78, 5) is 11.1. The third-order valence-corrected chi connectivity index (χ3v) is 1.81. The molecule has 0 fully saturated rings. The van der Waals surface area contributed by atoms with Crippen LogP contribution in [0.5, 0.6) is 0 Å². The molecule has 0 unspecified atom stereocenters. The fourth-order valence-corrected chi connectivity index (χ4v) is 1.09. The Kier molecular flexibility index (Phi) is 4.07. The zero-order valence-corrected chi connectivity index (χ0v) is 8.27. The lowest BCUT2D eigenvalue weighted by molar-refractivity contribution is -0.686. The standard InChI is InChI=1S/C10H15N2O2/c1-2-14-10(13)8-12-5-3-9(7-11)4-6-12/h3-6H,2,7-8,11H2,1H3/q+1. The van der Waals surface area contributed by atoms with E-state index in [1.165, 1.54) is 0 Å². The summed E-state index contributed by atoms with van der Waals surface area (Å²) in [6, 6.07) is 3.78. The molecular formula is C10H15N2O2+. The van der Waals surface area contributed by atoms with Crippen LogP contribution >= 0.6 is 0 Å². The summed E-state index contributed by atoms with van der Waals surface area (Å²) in [5, 5.41) is 0. The summed E-state index contributed by atoms with van der Waals surface area (Å²) < 4.78 is 6.58. The minimum atomic E-state index is -0.224. The number of hydrogen-bond acceptors (Lipinski definition) is 3. The summed E-state index contributed by atoms with van der Waals surface area (Å²) in [7, 11) is 0. The summed E-state index contributed by atoms with van der Waals surface area (Å²) in [6.45, 7) is 2.97. The number of ether oxygens (including phenoxy) is 1. The van der Waals surface area contributed by atoms with E-state index >= 15 is 0 Å². The van der Waals surface area contributed by atoms with E-state index in [1.54, 1.807) is 11.5 Å². The van der Waals surface area contributed by atoms with Crippen LogP contribution in [-0.4, -0.2) is 12.6 Å². The van der Waals surface area contributed by atoms with Crippen molar-refractivity contribution in [2.24, 2.45) is 5.73 Å². The maximum atomic E-state index is 11.1. The maximum absolute atomic E-state index is 11.1. The molecule has 0 amide bonds. The van der Waals surface area contributed by atoms with Gasteiger partial charge in [0.2, 0.25) is 6.54 Å². The van der Waals surface area contributed by atoms with Gasteiger partial charge in [-0.25, -0.2) is 4.79 Å². The smallest absolute Gasteiger partial charge is 0.372 e. The molecule has 0 radical (unpaired) electrons. The summed E-state index contributed by atoms with van der Waals surface area (Å²) >= 11 is 0. The Morgan fingerprint density at radius 1 is 1.50 bits per heavy atom. The van der Waals surface area contributed by atoms with Crippen molar-refractivity contribution in [3.63, 3.8) is 0 Å². The van der Waals surface area contributed by atoms with E-state index in [2.05, 4.69) is 0 Å². The first kappa shape index (κ1) is 10.7. The molecule has 0 bridgehead atoms. The number of carbonyl (C=O) groups excluding carboxylic acids is 1. The van der Waals surface area contributed by atoms with Gasteiger partial charge in [0, 0.05) is 18.7 Å². The Hall–Kier alpha value is -1.42. The first-order valence-electron chi connectivity index (χ1n) is 4.60. The van der Waals surface area contributed by atoms with Gasteiger partial charge in [-0.1, -0.05) is 0 Å². The third kappa shape index (κ3) is 3.14. The normalized spacial score (nSPS) is 9.86. The van der Waals surface area contributed by atoms with E-state index in [0.717, 1.165) is 5.56 Å². The minimum Gasteiger partial charge on any atom is -0.461 e. The van der Waals surface area contributed by atoms with Crippen LogP contribution in [0, 0.1) is 0 Å². The number of hydrogen-bond donors (Lipinski definition) is 1. The molecule has 1 rings (SSSR count). The monoisotopic (exact) mass is 195 g/mol. The first-order chi connectivity index (χ1) is 6.76. The highest BCUT2D eigenvalue weighted by Gasteiger charge is 2.08. The number of aromatic nitrogens is 1. The van der Waals surface area contributed by atoms with Crippen LogP contribution < -0.4 is 10.3 Å². The molecule has 0 aliphatic heterocycles. The number of carbonyl (C=O) groups is 1. The molecule has 0 aliphatic rings. The Labute approximate surface area is 83.3 Å². The van der Waals surface area contributed by atoms with Gasteiger partial charge in [-0.2, -0.15) is 4.57 Å². The molecule has 0 saturated carbocycles. The van der Waals surface area contributed by atoms with Crippen molar-refractivity contribution in [3.05, 3.63) is 30.1 Å². The van der Waals surface area contributed by atoms with E-state index in [-0.39, 0.29) is 12.5 Å². The van der Waals surface area contributed by atoms with Crippen LogP contribution in [0.25, 0.3) is 0 Å². The van der Waals surface area contributed by atoms with Gasteiger partial charge < -0.3 is 10.5 Å². The molecule has 0 saturated heterocycles. The molecular weight excluding hydrogens is 180 g/mol. The highest BCUT2D eigenvalue weighted by molar-refractivity contribution is 5.67. The summed E-state index contributed by atoms with van der Waals surface area (Å²) in [6.07, 6.45) is 3.64. The van der Waals surface area contributed by atoms with Gasteiger partial charge in [-0.3, -0.25) is 0 Å². The molecule has 0 aromatic carbocycles. The van der Waals surface area contributed by atoms with E-state index in [1.807, 2.05) is 24.5 Å². The van der Waals surface area contributed by atoms with Gasteiger partial charge in [0.05, 0.1) is 6.61 Å². The zero-order valence-electron chi connectivity index (χ0n) is 8.27. The number of pyridine rings is 1. The molecule has 14 heavy (non-hydrogen) atoms. The summed E-state index contributed by atoms with van der Waals surface area (Å²) in [5.41, 5.74) is 6.49. The Balaban J connectivity index is 2.55. The van der Waals surface area contributed by atoms with Crippen molar-refractivity contribution in [3.8, 4) is 0 Å². The average molecular weight is 195 g/mol. The van der Waals surface area contributed by atoms with Gasteiger partial charge in [-0.05, 0) is 12.5 Å². The number of rotatable bonds is 4. The van der Waals surface area contributed by atoms with Gasteiger partial charge in [-0.15, -0.1) is 0 Å². The Morgan fingerprint density at radius 3 is 2.64 bits per heavy atom. The first-order valence-corrected chi connectivity index (χ1v) is 4.60. The molecule has 4 heteroatoms. The van der Waals surface area contributed by atoms with E-state index < -0.39 is 0 Å². The largest absolute Gasteiger partial charge is 0.461 e. The quantitative estimate of drug-likeness (QED) is 0.543. The predicted molar refractivity (Wildman–Crippen MR) is 51.2 cm³/mol. The minimum absolute atomic E-state index is 0.224. The second-order valence-corrected chi connectivity index (χ2v) is 2.89. The van der Waals surface area contributed by atoms with Crippen molar-refractivity contribution in [1.29, 1.82) is 0 Å². The maximum Gasteiger partial charge on any atom is 0.372 e. The topological polar surface area (TPSA) is 56.2 Å². The van der Waals surface area contributed by atoms with Gasteiger partial charge in [0.15, 0.2) is 12.4 Å². The molecule has 0 spiro atoms. The highest BCUT2D eigenvalue weighted by Crippen LogP contribution is 1.91. The van der Waals surface area contributed by atoms with Crippen LogP contribution in [0.3, 0.4) is 0 Å². The van der Waals surface area contributed by atoms with Crippen LogP contribution in [0.1, 0.15) is 12.5 Å². The Bertz CT molecular complexity index is 295. The summed E-state index contributed by atoms with van der Waals surface area (Å²) in [5.74, 6) is -0.224. The fourth-order valence-electron chi connectivity index (χ4n) is 1.09. The van der Waals surface area contributed by atoms with Crippen molar-refractivity contribution in [2.45, 2.75) is 20.0 Å². The van der Waals surface area contributed by atoms with Crippen LogP contribution in [0.4, 0.5) is 0 Å². The Morgan fingerprint density at radius 2 is 2.14 bits per heavy atom. The van der Waals surface area contributed by atoms with Crippen LogP contribution in [0.2, 0.25) is 0 Å². The lowest BCUT2D eigenvalue weighted by Gasteiger charge is -1.98. The molecule has 4 nitrogen and oxygen atoms in total. The molecule has 76 valence electrons. The third-order valence-electron chi connectivity index (χ3n) is 1.81. The van der Waals surface area contributed by atoms with Crippen molar-refractivity contribution < 1.29 is 14.1 Å². The molecule has 2 N–H and O–H groups in total. The molecule has 1 aromatic heterocycles. The van der Waals surface area contributed by atoms with Crippen LogP contribution in [0.15, 0.2) is 24.5 Å². The van der Waals surface area contributed by atoms with Crippen LogP contribution in [-0.2, 0) is 22.6 Å². The molecule has 1 heterocycles. The number of nitrogens with zero attached hydrogens (tertiary/aromatic N) is 1. The zero-order chi connectivity index (χ0) is 10.4. The van der Waals surface area contributed by atoms with Gasteiger partial charge in [0.25, 0.3) is 0 Å². The predicted octanol–water partition coefficient (Wildman–Crippen LogP) is -0.00410.